The van der Waals surface area contributed by atoms with E-state index in [0.29, 0.717) is 0 Å². The van der Waals surface area contributed by atoms with Crippen LogP contribution in [0.1, 0.15) is 0 Å². The van der Waals surface area contributed by atoms with E-state index >= 15 is 0 Å². The fourth-order valence-corrected chi connectivity index (χ4v) is 0.343. The van der Waals surface area contributed by atoms with Gasteiger partial charge in [-0.1, -0.05) is 9.35 Å². The van der Waals surface area contributed by atoms with Crippen LogP contribution in [0, 0.1) is 0 Å². The van der Waals surface area contributed by atoms with E-state index in [9.17, 15) is 4.57 Å². The third-order valence-electron chi connectivity index (χ3n) is 0.277. The molecule has 0 unspecified atom stereocenters. The molecule has 10 heteroatoms. The summed E-state index contributed by atoms with van der Waals surface area (Å²) in [6, 6.07) is 0. The molecule has 0 saturated carbocycles. The molecule has 10 heavy (non-hydrogen) atoms. The molecule has 0 aromatic heterocycles. The average molecular weight is 200 g/mol. The molecule has 1 heterocycles. The summed E-state index contributed by atoms with van der Waals surface area (Å²) in [6.07, 6.45) is 0. The van der Waals surface area contributed by atoms with Crippen molar-refractivity contribution in [3.8, 4) is 0 Å². The third-order valence-corrected chi connectivity index (χ3v) is 0.776. The van der Waals surface area contributed by atoms with Gasteiger partial charge in [-0.25, -0.2) is 4.57 Å². The van der Waals surface area contributed by atoms with Gasteiger partial charge in [0.15, 0.2) is 0 Å². The van der Waals surface area contributed by atoms with Crippen LogP contribution in [0.2, 0.25) is 0 Å². The number of rotatable bonds is 0. The summed E-state index contributed by atoms with van der Waals surface area (Å²) in [5.74, 6) is 0. The van der Waals surface area contributed by atoms with E-state index in [1.165, 1.54) is 0 Å². The molecule has 1 aliphatic heterocycles. The van der Waals surface area contributed by atoms with Crippen molar-refractivity contribution in [2.75, 3.05) is 0 Å². The van der Waals surface area contributed by atoms with Gasteiger partial charge < -0.3 is 0 Å². The Hall–Kier alpha value is 3.03. The maximum atomic E-state index is 9.88. The molecule has 0 bridgehead atoms. The molecule has 0 aromatic carbocycles. The van der Waals surface area contributed by atoms with E-state index in [2.05, 4.69) is 19.4 Å². The molecule has 1 saturated heterocycles. The third kappa shape index (κ3) is 7.67. The van der Waals surface area contributed by atoms with Crippen LogP contribution in [-0.2, 0) is 24.0 Å². The Morgan fingerprint density at radius 1 is 1.00 bits per heavy atom. The van der Waals surface area contributed by atoms with Crippen LogP contribution in [0.5, 0.6) is 0 Å². The van der Waals surface area contributed by atoms with Crippen LogP contribution in [0.3, 0.4) is 0 Å². The quantitative estimate of drug-likeness (QED) is 0.276. The monoisotopic (exact) mass is 200 g/mol. The van der Waals surface area contributed by atoms with Gasteiger partial charge >= 0.3 is 96.5 Å². The molecule has 0 amide bonds. The molecule has 0 atom stereocenters. The van der Waals surface area contributed by atoms with Crippen molar-refractivity contribution in [3.05, 3.63) is 0 Å². The van der Waals surface area contributed by atoms with Crippen molar-refractivity contribution in [2.45, 2.75) is 0 Å². The number of hydrogen-bond acceptors (Lipinski definition) is 5. The summed E-state index contributed by atoms with van der Waals surface area (Å²) in [5.41, 5.74) is 0. The molecule has 0 spiro atoms. The zero-order valence-corrected chi connectivity index (χ0v) is 3.83. The minimum atomic E-state index is -3.99. The Morgan fingerprint density at radius 3 is 1.40 bits per heavy atom. The van der Waals surface area contributed by atoms with Gasteiger partial charge in [0.2, 0.25) is 0 Å². The van der Waals surface area contributed by atoms with Crippen molar-refractivity contribution in [1.82, 2.24) is 0 Å². The SMILES string of the molecule is O=P1(O)OOOO1.[NaH].[NaH].[NaH]. The fourth-order valence-electron chi connectivity index (χ4n) is 0.114. The Morgan fingerprint density at radius 2 is 1.30 bits per heavy atom. The first-order valence-corrected chi connectivity index (χ1v) is 2.74. The van der Waals surface area contributed by atoms with Crippen molar-refractivity contribution in [3.63, 3.8) is 0 Å². The molecule has 1 N–H and O–H groups in total. The molecule has 0 aliphatic carbocycles. The average Bonchev–Trinajstić information content (AvgIpc) is 1.84. The summed E-state index contributed by atoms with van der Waals surface area (Å²) in [6.45, 7) is 0. The molecule has 1 aliphatic rings. The Balaban J connectivity index is -0.000000163. The van der Waals surface area contributed by atoms with Crippen molar-refractivity contribution in [1.29, 1.82) is 0 Å². The molecular weight excluding hydrogens is 196 g/mol. The first kappa shape index (κ1) is 18.7. The van der Waals surface area contributed by atoms with Gasteiger partial charge in [0, 0.05) is 0 Å². The minimum absolute atomic E-state index is 0. The Kier molecular flexibility index (Phi) is 16.2. The van der Waals surface area contributed by atoms with E-state index in [4.69, 9.17) is 4.89 Å². The van der Waals surface area contributed by atoms with Crippen LogP contribution >= 0.6 is 7.82 Å². The molecule has 1 rings (SSSR count). The van der Waals surface area contributed by atoms with Gasteiger partial charge in [0.25, 0.3) is 0 Å². The van der Waals surface area contributed by atoms with Crippen LogP contribution in [0.25, 0.3) is 0 Å². The standard InChI is InChI=1S/3Na.HO6P.3H/c;;;1-7(2)5-3-4-6-7;;;/h;;;(H,1,2);;;. The van der Waals surface area contributed by atoms with E-state index in [1.54, 1.807) is 0 Å². The van der Waals surface area contributed by atoms with E-state index in [1.807, 2.05) is 0 Å². The first-order chi connectivity index (χ1) is 3.21. The van der Waals surface area contributed by atoms with Crippen molar-refractivity contribution < 1.29 is 28.9 Å². The van der Waals surface area contributed by atoms with Crippen LogP contribution < -0.4 is 0 Å². The van der Waals surface area contributed by atoms with E-state index in [-0.39, 0.29) is 88.7 Å². The Bertz CT molecular complexity index is 104. The predicted molar refractivity (Wildman–Crippen MR) is 35.6 cm³/mol. The second-order valence-electron chi connectivity index (χ2n) is 0.754. The van der Waals surface area contributed by atoms with Crippen molar-refractivity contribution in [2.24, 2.45) is 0 Å². The van der Waals surface area contributed by atoms with E-state index in [0.717, 1.165) is 0 Å². The topological polar surface area (TPSA) is 74.2 Å². The normalized spacial score (nSPS) is 19.7. The molecule has 0 radical (unpaired) electrons. The molecule has 1 fully saturated rings. The van der Waals surface area contributed by atoms with Crippen molar-refractivity contribution >= 4 is 96.5 Å². The zero-order chi connectivity index (χ0) is 5.33. The van der Waals surface area contributed by atoms with Gasteiger partial charge in [0.1, 0.15) is 0 Å². The second kappa shape index (κ2) is 8.62. The summed E-state index contributed by atoms with van der Waals surface area (Å²) in [5, 5.41) is 6.85. The number of hydrogen-bond donors (Lipinski definition) is 1. The van der Waals surface area contributed by atoms with Crippen LogP contribution in [0.15, 0.2) is 0 Å². The number of phosphoric acid groups is 1. The van der Waals surface area contributed by atoms with Gasteiger partial charge in [-0.3, -0.25) is 4.89 Å². The van der Waals surface area contributed by atoms with Gasteiger partial charge in [-0.2, -0.15) is 0 Å². The van der Waals surface area contributed by atoms with Crippen LogP contribution in [-0.4, -0.2) is 93.6 Å². The first-order valence-electron chi connectivity index (χ1n) is 1.25. The van der Waals surface area contributed by atoms with Gasteiger partial charge in [-0.05, 0) is 10.1 Å². The Labute approximate surface area is 123 Å². The van der Waals surface area contributed by atoms with E-state index < -0.39 is 7.82 Å². The van der Waals surface area contributed by atoms with Gasteiger partial charge in [-0.15, -0.1) is 0 Å². The maximum absolute atomic E-state index is 9.88. The summed E-state index contributed by atoms with van der Waals surface area (Å²) in [4.78, 5) is 8.06. The summed E-state index contributed by atoms with van der Waals surface area (Å²) < 4.78 is 16.9. The molecular formula is H4Na3O6P. The fraction of sp³-hybridized carbons (Fsp3) is 0. The summed E-state index contributed by atoms with van der Waals surface area (Å²) >= 11 is 0. The van der Waals surface area contributed by atoms with Crippen LogP contribution in [0.4, 0.5) is 0 Å². The summed E-state index contributed by atoms with van der Waals surface area (Å²) in [7, 11) is -3.99. The van der Waals surface area contributed by atoms with Gasteiger partial charge in [0.05, 0.1) is 0 Å². The predicted octanol–water partition coefficient (Wildman–Crippen LogP) is -2.03. The molecule has 0 aromatic rings. The molecule has 48 valence electrons. The second-order valence-corrected chi connectivity index (χ2v) is 1.99. The molecule has 6 nitrogen and oxygen atoms in total. The zero-order valence-electron chi connectivity index (χ0n) is 2.94.